The summed E-state index contributed by atoms with van der Waals surface area (Å²) in [5.74, 6) is 0.0513. The second kappa shape index (κ2) is 11.4. The van der Waals surface area contributed by atoms with Crippen molar-refractivity contribution < 1.29 is 19.1 Å². The molecule has 0 aliphatic rings. The molecule has 0 unspecified atom stereocenters. The Kier molecular flexibility index (Phi) is 8.96. The molecular formula is C23H29N3O4S. The number of carbonyl (C=O) groups is 2. The molecule has 7 nitrogen and oxygen atoms in total. The molecule has 0 fully saturated rings. The highest BCUT2D eigenvalue weighted by Crippen LogP contribution is 2.17. The summed E-state index contributed by atoms with van der Waals surface area (Å²) in [5, 5.41) is 8.57. The van der Waals surface area contributed by atoms with Crippen LogP contribution in [0.2, 0.25) is 0 Å². The van der Waals surface area contributed by atoms with Gasteiger partial charge in [0.1, 0.15) is 12.4 Å². The van der Waals surface area contributed by atoms with E-state index in [0.717, 1.165) is 0 Å². The molecule has 0 bridgehead atoms. The number of anilines is 1. The minimum Gasteiger partial charge on any atom is -0.491 e. The maximum atomic E-state index is 12.5. The van der Waals surface area contributed by atoms with Crippen molar-refractivity contribution >= 4 is 34.8 Å². The maximum Gasteiger partial charge on any atom is 0.257 e. The Bertz CT molecular complexity index is 908. The summed E-state index contributed by atoms with van der Waals surface area (Å²) in [7, 11) is 0. The van der Waals surface area contributed by atoms with Gasteiger partial charge in [0.05, 0.1) is 17.9 Å². The van der Waals surface area contributed by atoms with E-state index in [1.165, 1.54) is 0 Å². The first-order valence-electron chi connectivity index (χ1n) is 10.0. The highest BCUT2D eigenvalue weighted by atomic mass is 32.1. The third-order valence-corrected chi connectivity index (χ3v) is 4.16. The number of hydrogen-bond donors (Lipinski definition) is 3. The van der Waals surface area contributed by atoms with Crippen LogP contribution in [0.4, 0.5) is 5.69 Å². The molecular weight excluding hydrogens is 414 g/mol. The first-order chi connectivity index (χ1) is 14.7. The van der Waals surface area contributed by atoms with Crippen LogP contribution < -0.4 is 20.7 Å². The zero-order valence-corrected chi connectivity index (χ0v) is 19.1. The minimum absolute atomic E-state index is 0.0954. The predicted octanol–water partition coefficient (Wildman–Crippen LogP) is 3.76. The first-order valence-corrected chi connectivity index (χ1v) is 10.4. The van der Waals surface area contributed by atoms with Crippen LogP contribution in [-0.2, 0) is 4.74 Å². The highest BCUT2D eigenvalue weighted by molar-refractivity contribution is 7.80. The van der Waals surface area contributed by atoms with Gasteiger partial charge in [-0.1, -0.05) is 12.1 Å². The van der Waals surface area contributed by atoms with Gasteiger partial charge in [0.15, 0.2) is 5.11 Å². The Labute approximate surface area is 188 Å². The Morgan fingerprint density at radius 1 is 0.968 bits per heavy atom. The molecule has 0 atom stereocenters. The zero-order valence-electron chi connectivity index (χ0n) is 18.3. The lowest BCUT2D eigenvalue weighted by molar-refractivity contribution is 0.0919. The average molecular weight is 444 g/mol. The Balaban J connectivity index is 1.95. The van der Waals surface area contributed by atoms with Gasteiger partial charge in [-0.3, -0.25) is 14.9 Å². The quantitative estimate of drug-likeness (QED) is 0.425. The van der Waals surface area contributed by atoms with Gasteiger partial charge in [-0.15, -0.1) is 0 Å². The van der Waals surface area contributed by atoms with Crippen LogP contribution in [0.1, 0.15) is 48.4 Å². The van der Waals surface area contributed by atoms with Crippen molar-refractivity contribution in [3.8, 4) is 5.75 Å². The normalized spacial score (nSPS) is 10.8. The van der Waals surface area contributed by atoms with Gasteiger partial charge in [-0.25, -0.2) is 0 Å². The second-order valence-corrected chi connectivity index (χ2v) is 8.14. The molecule has 0 aliphatic heterocycles. The summed E-state index contributed by atoms with van der Waals surface area (Å²) in [4.78, 5) is 25.0. The minimum atomic E-state index is -0.377. The standard InChI is InChI=1S/C23H29N3O4S/c1-5-29-14-15-30-17-12-10-16(11-13-17)20(27)25-22(31)24-19-9-7-6-8-18(19)21(28)26-23(2,3)4/h6-13H,5,14-15H2,1-4H3,(H,26,28)(H2,24,25,27,31). The van der Waals surface area contributed by atoms with Crippen LogP contribution in [0.25, 0.3) is 0 Å². The van der Waals surface area contributed by atoms with Gasteiger partial charge in [0.2, 0.25) is 0 Å². The lowest BCUT2D eigenvalue weighted by Crippen LogP contribution is -2.41. The number of thiocarbonyl (C=S) groups is 1. The molecule has 2 rings (SSSR count). The van der Waals surface area contributed by atoms with Gasteiger partial charge in [0, 0.05) is 17.7 Å². The lowest BCUT2D eigenvalue weighted by atomic mass is 10.1. The third kappa shape index (κ3) is 8.35. The molecule has 0 radical (unpaired) electrons. The summed E-state index contributed by atoms with van der Waals surface area (Å²) < 4.78 is 10.8. The van der Waals surface area contributed by atoms with E-state index in [-0.39, 0.29) is 22.5 Å². The zero-order chi connectivity index (χ0) is 22.9. The molecule has 0 saturated carbocycles. The summed E-state index contributed by atoms with van der Waals surface area (Å²) >= 11 is 5.26. The largest absolute Gasteiger partial charge is 0.491 e. The molecule has 31 heavy (non-hydrogen) atoms. The van der Waals surface area contributed by atoms with E-state index in [2.05, 4.69) is 16.0 Å². The maximum absolute atomic E-state index is 12.5. The van der Waals surface area contributed by atoms with Crippen LogP contribution in [0.3, 0.4) is 0 Å². The molecule has 0 aliphatic carbocycles. The van der Waals surface area contributed by atoms with Crippen molar-refractivity contribution in [3.05, 3.63) is 59.7 Å². The second-order valence-electron chi connectivity index (χ2n) is 7.73. The predicted molar refractivity (Wildman–Crippen MR) is 126 cm³/mol. The van der Waals surface area contributed by atoms with Crippen LogP contribution in [0.5, 0.6) is 5.75 Å². The number of hydrogen-bond acceptors (Lipinski definition) is 5. The highest BCUT2D eigenvalue weighted by Gasteiger charge is 2.18. The molecule has 8 heteroatoms. The van der Waals surface area contributed by atoms with Gasteiger partial charge in [0.25, 0.3) is 11.8 Å². The molecule has 2 aromatic rings. The number of carbonyl (C=O) groups excluding carboxylic acids is 2. The van der Waals surface area contributed by atoms with Crippen LogP contribution in [0.15, 0.2) is 48.5 Å². The van der Waals surface area contributed by atoms with E-state index in [9.17, 15) is 9.59 Å². The van der Waals surface area contributed by atoms with Gasteiger partial charge in [-0.05, 0) is 76.3 Å². The smallest absolute Gasteiger partial charge is 0.257 e. The van der Waals surface area contributed by atoms with E-state index in [0.29, 0.717) is 42.4 Å². The van der Waals surface area contributed by atoms with E-state index in [1.807, 2.05) is 27.7 Å². The van der Waals surface area contributed by atoms with E-state index >= 15 is 0 Å². The lowest BCUT2D eigenvalue weighted by Gasteiger charge is -2.21. The number of para-hydroxylation sites is 1. The topological polar surface area (TPSA) is 88.7 Å². The summed E-state index contributed by atoms with van der Waals surface area (Å²) in [5.41, 5.74) is 0.993. The average Bonchev–Trinajstić information content (AvgIpc) is 2.70. The van der Waals surface area contributed by atoms with E-state index in [4.69, 9.17) is 21.7 Å². The molecule has 2 aromatic carbocycles. The number of nitrogens with one attached hydrogen (secondary N) is 3. The number of amides is 2. The Morgan fingerprint density at radius 3 is 2.29 bits per heavy atom. The fourth-order valence-electron chi connectivity index (χ4n) is 2.59. The molecule has 0 aromatic heterocycles. The first kappa shape index (κ1) is 24.3. The van der Waals surface area contributed by atoms with Crippen molar-refractivity contribution in [1.29, 1.82) is 0 Å². The fourth-order valence-corrected chi connectivity index (χ4v) is 2.79. The molecule has 2 amide bonds. The molecule has 166 valence electrons. The Morgan fingerprint density at radius 2 is 1.65 bits per heavy atom. The van der Waals surface area contributed by atoms with Crippen LogP contribution in [0, 0.1) is 0 Å². The fraction of sp³-hybridized carbons (Fsp3) is 0.348. The van der Waals surface area contributed by atoms with E-state index < -0.39 is 0 Å². The van der Waals surface area contributed by atoms with Crippen molar-refractivity contribution in [2.45, 2.75) is 33.2 Å². The van der Waals surface area contributed by atoms with Gasteiger partial charge < -0.3 is 20.1 Å². The SMILES string of the molecule is CCOCCOc1ccc(C(=O)NC(=S)Nc2ccccc2C(=O)NC(C)(C)C)cc1. The summed E-state index contributed by atoms with van der Waals surface area (Å²) in [6.07, 6.45) is 0. The molecule has 0 spiro atoms. The van der Waals surface area contributed by atoms with Gasteiger partial charge in [-0.2, -0.15) is 0 Å². The number of rotatable bonds is 8. The van der Waals surface area contributed by atoms with Crippen LogP contribution in [-0.4, -0.2) is 42.3 Å². The van der Waals surface area contributed by atoms with Crippen LogP contribution >= 0.6 is 12.2 Å². The summed E-state index contributed by atoms with van der Waals surface area (Å²) in [6, 6.07) is 13.7. The molecule has 3 N–H and O–H groups in total. The Hall–Kier alpha value is -2.97. The number of benzene rings is 2. The van der Waals surface area contributed by atoms with Crippen molar-refractivity contribution in [2.24, 2.45) is 0 Å². The summed E-state index contributed by atoms with van der Waals surface area (Å²) in [6.45, 7) is 9.22. The third-order valence-electron chi connectivity index (χ3n) is 3.95. The molecule has 0 saturated heterocycles. The molecule has 0 heterocycles. The number of ether oxygens (including phenoxy) is 2. The monoisotopic (exact) mass is 443 g/mol. The van der Waals surface area contributed by atoms with Crippen molar-refractivity contribution in [2.75, 3.05) is 25.1 Å². The van der Waals surface area contributed by atoms with Crippen molar-refractivity contribution in [3.63, 3.8) is 0 Å². The van der Waals surface area contributed by atoms with E-state index in [1.54, 1.807) is 48.5 Å². The van der Waals surface area contributed by atoms with Crippen molar-refractivity contribution in [1.82, 2.24) is 10.6 Å². The van der Waals surface area contributed by atoms with Gasteiger partial charge >= 0.3 is 0 Å².